The lowest BCUT2D eigenvalue weighted by Crippen LogP contribution is -2.20. The summed E-state index contributed by atoms with van der Waals surface area (Å²) in [6, 6.07) is 5.76. The van der Waals surface area contributed by atoms with Gasteiger partial charge >= 0.3 is 0 Å². The quantitative estimate of drug-likeness (QED) is 0.862. The molecule has 1 fully saturated rings. The van der Waals surface area contributed by atoms with Crippen LogP contribution in [0.5, 0.6) is 5.75 Å². The molecule has 1 aromatic carbocycles. The Kier molecular flexibility index (Phi) is 4.40. The van der Waals surface area contributed by atoms with Gasteiger partial charge in [0.15, 0.2) is 0 Å². The van der Waals surface area contributed by atoms with Crippen LogP contribution in [0, 0.1) is 0 Å². The second kappa shape index (κ2) is 5.83. The number of hydrogen-bond acceptors (Lipinski definition) is 2. The molecule has 0 saturated heterocycles. The Labute approximate surface area is 116 Å². The van der Waals surface area contributed by atoms with Crippen LogP contribution in [0.2, 0.25) is 0 Å². The molecule has 0 atom stereocenters. The van der Waals surface area contributed by atoms with Gasteiger partial charge in [0.1, 0.15) is 10.7 Å². The van der Waals surface area contributed by atoms with Gasteiger partial charge in [-0.05, 0) is 59.8 Å². The van der Waals surface area contributed by atoms with E-state index in [-0.39, 0.29) is 0 Å². The van der Waals surface area contributed by atoms with Crippen molar-refractivity contribution in [3.63, 3.8) is 0 Å². The summed E-state index contributed by atoms with van der Waals surface area (Å²) in [4.78, 5) is 0.412. The van der Waals surface area contributed by atoms with Crippen LogP contribution in [0.25, 0.3) is 0 Å². The lowest BCUT2D eigenvalue weighted by Gasteiger charge is -2.23. The van der Waals surface area contributed by atoms with E-state index in [1.54, 1.807) is 0 Å². The molecule has 0 amide bonds. The predicted octanol–water partition coefficient (Wildman–Crippen LogP) is 3.79. The first-order valence-electron chi connectivity index (χ1n) is 5.93. The van der Waals surface area contributed by atoms with Crippen LogP contribution in [0.4, 0.5) is 0 Å². The van der Waals surface area contributed by atoms with Gasteiger partial charge < -0.3 is 10.5 Å². The van der Waals surface area contributed by atoms with Gasteiger partial charge in [0.2, 0.25) is 0 Å². The molecule has 2 rings (SSSR count). The molecule has 0 spiro atoms. The smallest absolute Gasteiger partial charge is 0.133 e. The number of nitrogens with two attached hydrogens (primary N) is 1. The first-order chi connectivity index (χ1) is 8.16. The predicted molar refractivity (Wildman–Crippen MR) is 77.5 cm³/mol. The summed E-state index contributed by atoms with van der Waals surface area (Å²) < 4.78 is 6.91. The molecule has 0 radical (unpaired) electrons. The third kappa shape index (κ3) is 3.42. The minimum atomic E-state index is 0.357. The maximum absolute atomic E-state index is 5.99. The molecule has 17 heavy (non-hydrogen) atoms. The van der Waals surface area contributed by atoms with Crippen LogP contribution >= 0.6 is 28.1 Å². The zero-order chi connectivity index (χ0) is 12.3. The average Bonchev–Trinajstić information content (AvgIpc) is 2.33. The molecule has 1 aromatic rings. The van der Waals surface area contributed by atoms with Gasteiger partial charge in [-0.1, -0.05) is 18.6 Å². The number of ether oxygens (including phenoxy) is 1. The summed E-state index contributed by atoms with van der Waals surface area (Å²) in [5.74, 6) is 0.886. The fourth-order valence-corrected chi connectivity index (χ4v) is 2.71. The van der Waals surface area contributed by atoms with E-state index in [9.17, 15) is 0 Å². The highest BCUT2D eigenvalue weighted by Crippen LogP contribution is 2.30. The van der Waals surface area contributed by atoms with Crippen molar-refractivity contribution in [2.45, 2.75) is 38.2 Å². The lowest BCUT2D eigenvalue weighted by molar-refractivity contribution is 0.154. The van der Waals surface area contributed by atoms with Gasteiger partial charge in [0.25, 0.3) is 0 Å². The number of thiocarbonyl (C=S) groups is 1. The third-order valence-electron chi connectivity index (χ3n) is 3.06. The summed E-state index contributed by atoms with van der Waals surface area (Å²) in [6.07, 6.45) is 6.55. The number of hydrogen-bond donors (Lipinski definition) is 1. The molecule has 1 saturated carbocycles. The van der Waals surface area contributed by atoms with Crippen molar-refractivity contribution in [2.24, 2.45) is 5.73 Å². The molecule has 2 N–H and O–H groups in total. The second-order valence-electron chi connectivity index (χ2n) is 4.39. The van der Waals surface area contributed by atoms with Crippen molar-refractivity contribution < 1.29 is 4.74 Å². The molecule has 0 bridgehead atoms. The van der Waals surface area contributed by atoms with Gasteiger partial charge in [-0.3, -0.25) is 0 Å². The number of benzene rings is 1. The minimum Gasteiger partial charge on any atom is -0.489 e. The molecule has 4 heteroatoms. The summed E-state index contributed by atoms with van der Waals surface area (Å²) in [5, 5.41) is 0. The Hall–Kier alpha value is -0.610. The molecule has 0 unspecified atom stereocenters. The Morgan fingerprint density at radius 3 is 2.59 bits per heavy atom. The highest BCUT2D eigenvalue weighted by atomic mass is 79.9. The fourth-order valence-electron chi connectivity index (χ4n) is 2.11. The van der Waals surface area contributed by atoms with E-state index in [0.29, 0.717) is 11.1 Å². The monoisotopic (exact) mass is 313 g/mol. The number of rotatable bonds is 3. The van der Waals surface area contributed by atoms with Gasteiger partial charge in [-0.25, -0.2) is 0 Å². The zero-order valence-corrected chi connectivity index (χ0v) is 12.0. The standard InChI is InChI=1S/C13H16BrNOS/c14-11-8-9(13(15)17)6-7-12(11)16-10-4-2-1-3-5-10/h6-8,10H,1-5H2,(H2,15,17). The molecule has 0 heterocycles. The normalized spacial score (nSPS) is 16.8. The van der Waals surface area contributed by atoms with E-state index in [1.807, 2.05) is 18.2 Å². The summed E-state index contributed by atoms with van der Waals surface area (Å²) in [5.41, 5.74) is 6.45. The van der Waals surface area contributed by atoms with Crippen LogP contribution in [-0.2, 0) is 0 Å². The van der Waals surface area contributed by atoms with Crippen molar-refractivity contribution in [3.8, 4) is 5.75 Å². The van der Waals surface area contributed by atoms with Gasteiger partial charge in [0, 0.05) is 5.56 Å². The largest absolute Gasteiger partial charge is 0.489 e. The molecular weight excluding hydrogens is 298 g/mol. The number of halogens is 1. The molecule has 0 aromatic heterocycles. The van der Waals surface area contributed by atoms with E-state index < -0.39 is 0 Å². The van der Waals surface area contributed by atoms with E-state index in [1.165, 1.54) is 19.3 Å². The van der Waals surface area contributed by atoms with Crippen molar-refractivity contribution in [3.05, 3.63) is 28.2 Å². The van der Waals surface area contributed by atoms with Gasteiger partial charge in [-0.15, -0.1) is 0 Å². The lowest BCUT2D eigenvalue weighted by atomic mass is 9.98. The maximum Gasteiger partial charge on any atom is 0.133 e. The van der Waals surface area contributed by atoms with Crippen molar-refractivity contribution >= 4 is 33.1 Å². The Bertz CT molecular complexity index is 416. The highest BCUT2D eigenvalue weighted by Gasteiger charge is 2.16. The van der Waals surface area contributed by atoms with E-state index >= 15 is 0 Å². The van der Waals surface area contributed by atoms with Crippen molar-refractivity contribution in [2.75, 3.05) is 0 Å². The zero-order valence-electron chi connectivity index (χ0n) is 9.62. The molecular formula is C13H16BrNOS. The second-order valence-corrected chi connectivity index (χ2v) is 5.68. The van der Waals surface area contributed by atoms with Crippen LogP contribution in [0.3, 0.4) is 0 Å². The summed E-state index contributed by atoms with van der Waals surface area (Å²) in [6.45, 7) is 0. The first kappa shape index (κ1) is 12.8. The highest BCUT2D eigenvalue weighted by molar-refractivity contribution is 9.10. The SMILES string of the molecule is NC(=S)c1ccc(OC2CCCCC2)c(Br)c1. The Balaban J connectivity index is 2.08. The fraction of sp³-hybridized carbons (Fsp3) is 0.462. The van der Waals surface area contributed by atoms with Gasteiger partial charge in [-0.2, -0.15) is 0 Å². The van der Waals surface area contributed by atoms with Crippen LogP contribution in [0.1, 0.15) is 37.7 Å². The van der Waals surface area contributed by atoms with E-state index in [4.69, 9.17) is 22.7 Å². The van der Waals surface area contributed by atoms with Crippen molar-refractivity contribution in [1.82, 2.24) is 0 Å². The molecule has 1 aliphatic carbocycles. The average molecular weight is 314 g/mol. The molecule has 2 nitrogen and oxygen atoms in total. The minimum absolute atomic E-state index is 0.357. The Morgan fingerprint density at radius 1 is 1.29 bits per heavy atom. The van der Waals surface area contributed by atoms with Crippen LogP contribution in [0.15, 0.2) is 22.7 Å². The van der Waals surface area contributed by atoms with E-state index in [0.717, 1.165) is 28.6 Å². The Morgan fingerprint density at radius 2 is 2.00 bits per heavy atom. The van der Waals surface area contributed by atoms with E-state index in [2.05, 4.69) is 15.9 Å². The molecule has 1 aliphatic rings. The van der Waals surface area contributed by atoms with Crippen molar-refractivity contribution in [1.29, 1.82) is 0 Å². The first-order valence-corrected chi connectivity index (χ1v) is 7.13. The molecule has 92 valence electrons. The maximum atomic E-state index is 5.99. The molecule has 0 aliphatic heterocycles. The van der Waals surface area contributed by atoms with Crippen LogP contribution < -0.4 is 10.5 Å². The summed E-state index contributed by atoms with van der Waals surface area (Å²) >= 11 is 8.44. The summed E-state index contributed by atoms with van der Waals surface area (Å²) in [7, 11) is 0. The third-order valence-corrected chi connectivity index (χ3v) is 3.92. The van der Waals surface area contributed by atoms with Crippen LogP contribution in [-0.4, -0.2) is 11.1 Å². The van der Waals surface area contributed by atoms with Gasteiger partial charge in [0.05, 0.1) is 10.6 Å². The topological polar surface area (TPSA) is 35.2 Å².